The number of carbonyl (C=O) groups excluding carboxylic acids is 1. The highest BCUT2D eigenvalue weighted by atomic mass is 127. The lowest BCUT2D eigenvalue weighted by Gasteiger charge is -2.14. The van der Waals surface area contributed by atoms with E-state index in [1.54, 1.807) is 6.08 Å². The van der Waals surface area contributed by atoms with Crippen molar-refractivity contribution in [2.45, 2.75) is 51.4 Å². The molecule has 0 atom stereocenters. The van der Waals surface area contributed by atoms with Gasteiger partial charge in [-0.15, -0.1) is 16.8 Å². The van der Waals surface area contributed by atoms with Crippen LogP contribution in [0.3, 0.4) is 0 Å². The lowest BCUT2D eigenvalue weighted by molar-refractivity contribution is -0.113. The normalized spacial score (nSPS) is 10.9. The van der Waals surface area contributed by atoms with E-state index in [-0.39, 0.29) is 11.7 Å². The van der Waals surface area contributed by atoms with Crippen molar-refractivity contribution in [1.82, 2.24) is 14.8 Å². The van der Waals surface area contributed by atoms with E-state index >= 15 is 0 Å². The van der Waals surface area contributed by atoms with Gasteiger partial charge in [-0.2, -0.15) is 0 Å². The molecule has 174 valence electrons. The minimum atomic E-state index is -0.0786. The van der Waals surface area contributed by atoms with Crippen LogP contribution in [-0.2, 0) is 24.4 Å². The number of thioether (sulfide) groups is 1. The number of carbonyl (C=O) groups is 1. The van der Waals surface area contributed by atoms with Crippen molar-refractivity contribution in [3.8, 4) is 5.75 Å². The first-order valence-electron chi connectivity index (χ1n) is 10.9. The van der Waals surface area contributed by atoms with Crippen molar-refractivity contribution >= 4 is 45.9 Å². The predicted octanol–water partition coefficient (Wildman–Crippen LogP) is 6.06. The zero-order valence-corrected chi connectivity index (χ0v) is 22.2. The van der Waals surface area contributed by atoms with Gasteiger partial charge in [0.1, 0.15) is 12.4 Å². The fourth-order valence-corrected chi connectivity index (χ4v) is 4.54. The molecule has 0 saturated carbocycles. The van der Waals surface area contributed by atoms with Gasteiger partial charge in [0.2, 0.25) is 5.91 Å². The maximum Gasteiger partial charge on any atom is 0.234 e. The molecule has 1 aromatic heterocycles. The van der Waals surface area contributed by atoms with Gasteiger partial charge in [0.15, 0.2) is 11.0 Å². The first-order valence-corrected chi connectivity index (χ1v) is 12.9. The molecule has 1 heterocycles. The molecule has 2 aromatic carbocycles. The van der Waals surface area contributed by atoms with Crippen LogP contribution in [0.2, 0.25) is 0 Å². The Morgan fingerprint density at radius 2 is 2.00 bits per heavy atom. The highest BCUT2D eigenvalue weighted by molar-refractivity contribution is 14.1. The summed E-state index contributed by atoms with van der Waals surface area (Å²) in [7, 11) is 0. The van der Waals surface area contributed by atoms with E-state index in [1.807, 2.05) is 28.8 Å². The number of anilines is 1. The van der Waals surface area contributed by atoms with Gasteiger partial charge in [0, 0.05) is 15.8 Å². The number of hydrogen-bond donors (Lipinski definition) is 1. The Morgan fingerprint density at radius 1 is 1.24 bits per heavy atom. The van der Waals surface area contributed by atoms with Crippen LogP contribution in [0, 0.1) is 3.57 Å². The highest BCUT2D eigenvalue weighted by Gasteiger charge is 2.15. The van der Waals surface area contributed by atoms with E-state index in [4.69, 9.17) is 4.74 Å². The van der Waals surface area contributed by atoms with Crippen LogP contribution < -0.4 is 10.1 Å². The number of nitrogens with one attached hydrogen (secondary N) is 1. The Labute approximate surface area is 213 Å². The molecule has 0 aliphatic carbocycles. The number of rotatable bonds is 11. The van der Waals surface area contributed by atoms with Gasteiger partial charge in [-0.3, -0.25) is 9.36 Å². The molecule has 1 N–H and O–H groups in total. The fraction of sp³-hybridized carbons (Fsp3) is 0.320. The summed E-state index contributed by atoms with van der Waals surface area (Å²) in [6, 6.07) is 14.1. The molecule has 33 heavy (non-hydrogen) atoms. The van der Waals surface area contributed by atoms with Gasteiger partial charge in [-0.05, 0) is 76.4 Å². The Balaban J connectivity index is 1.63. The summed E-state index contributed by atoms with van der Waals surface area (Å²) < 4.78 is 8.97. The Kier molecular flexibility index (Phi) is 9.37. The maximum absolute atomic E-state index is 12.6. The lowest BCUT2D eigenvalue weighted by atomic mass is 10.0. The van der Waals surface area contributed by atoms with Crippen molar-refractivity contribution in [1.29, 1.82) is 0 Å². The van der Waals surface area contributed by atoms with Crippen LogP contribution in [0.4, 0.5) is 5.69 Å². The SMILES string of the molecule is C=CCn1c(COc2ccc(CC)cc2)nnc1SCC(=O)Nc1ccc(I)cc1C(C)C. The van der Waals surface area contributed by atoms with Crippen LogP contribution in [0.1, 0.15) is 43.6 Å². The van der Waals surface area contributed by atoms with Crippen molar-refractivity contribution in [3.05, 3.63) is 75.6 Å². The molecule has 6 nitrogen and oxygen atoms in total. The van der Waals surface area contributed by atoms with E-state index < -0.39 is 0 Å². The summed E-state index contributed by atoms with van der Waals surface area (Å²) in [5.74, 6) is 1.95. The minimum absolute atomic E-state index is 0.0786. The molecule has 0 radical (unpaired) electrons. The number of ether oxygens (including phenoxy) is 1. The van der Waals surface area contributed by atoms with Crippen LogP contribution in [0.5, 0.6) is 5.75 Å². The third-order valence-corrected chi connectivity index (χ3v) is 6.68. The summed E-state index contributed by atoms with van der Waals surface area (Å²) in [4.78, 5) is 12.6. The monoisotopic (exact) mass is 576 g/mol. The summed E-state index contributed by atoms with van der Waals surface area (Å²) >= 11 is 3.64. The van der Waals surface area contributed by atoms with Gasteiger partial charge in [-0.25, -0.2) is 0 Å². The molecule has 0 saturated heterocycles. The zero-order valence-electron chi connectivity index (χ0n) is 19.2. The minimum Gasteiger partial charge on any atom is -0.486 e. The molecule has 0 bridgehead atoms. The van der Waals surface area contributed by atoms with Crippen molar-refractivity contribution in [3.63, 3.8) is 0 Å². The number of allylic oxidation sites excluding steroid dienone is 1. The maximum atomic E-state index is 12.6. The molecule has 0 spiro atoms. The van der Waals surface area contributed by atoms with Crippen LogP contribution in [0.25, 0.3) is 0 Å². The van der Waals surface area contributed by atoms with Crippen LogP contribution >= 0.6 is 34.4 Å². The first-order chi connectivity index (χ1) is 15.9. The van der Waals surface area contributed by atoms with Crippen molar-refractivity contribution < 1.29 is 9.53 Å². The number of amides is 1. The number of aryl methyl sites for hydroxylation is 1. The number of benzene rings is 2. The molecule has 0 aliphatic rings. The zero-order chi connectivity index (χ0) is 23.8. The third kappa shape index (κ3) is 7.07. The number of hydrogen-bond acceptors (Lipinski definition) is 5. The molecule has 1 amide bonds. The van der Waals surface area contributed by atoms with Gasteiger partial charge in [0.25, 0.3) is 0 Å². The van der Waals surface area contributed by atoms with E-state index in [0.717, 1.165) is 27.0 Å². The summed E-state index contributed by atoms with van der Waals surface area (Å²) in [5.41, 5.74) is 3.24. The standard InChI is InChI=1S/C25H29IN4O2S/c1-5-13-30-23(15-32-20-10-7-18(6-2)8-11-20)28-29-25(30)33-16-24(31)27-22-12-9-19(26)14-21(22)17(3)4/h5,7-12,14,17H,1,6,13,15-16H2,2-4H3,(H,27,31). The Morgan fingerprint density at radius 3 is 2.67 bits per heavy atom. The quantitative estimate of drug-likeness (QED) is 0.171. The number of nitrogens with zero attached hydrogens (tertiary/aromatic N) is 3. The fourth-order valence-electron chi connectivity index (χ4n) is 3.26. The largest absolute Gasteiger partial charge is 0.486 e. The number of aromatic nitrogens is 3. The third-order valence-electron chi connectivity index (χ3n) is 5.05. The van der Waals surface area contributed by atoms with Crippen LogP contribution in [-0.4, -0.2) is 26.4 Å². The number of halogens is 1. The van der Waals surface area contributed by atoms with Gasteiger partial charge in [0.05, 0.1) is 5.75 Å². The van der Waals surface area contributed by atoms with E-state index in [9.17, 15) is 4.79 Å². The second-order valence-corrected chi connectivity index (χ2v) is 10.00. The molecule has 3 rings (SSSR count). The van der Waals surface area contributed by atoms with E-state index in [2.05, 4.69) is 83.7 Å². The molecular weight excluding hydrogens is 547 g/mol. The lowest BCUT2D eigenvalue weighted by Crippen LogP contribution is -2.16. The predicted molar refractivity (Wildman–Crippen MR) is 143 cm³/mol. The molecule has 3 aromatic rings. The van der Waals surface area contributed by atoms with Gasteiger partial charge >= 0.3 is 0 Å². The average molecular weight is 577 g/mol. The Hall–Kier alpha value is -2.33. The molecule has 0 fully saturated rings. The van der Waals surface area contributed by atoms with E-state index in [0.29, 0.717) is 30.1 Å². The van der Waals surface area contributed by atoms with Gasteiger partial charge in [-0.1, -0.05) is 50.7 Å². The van der Waals surface area contributed by atoms with Crippen LogP contribution in [0.15, 0.2) is 60.3 Å². The molecule has 0 unspecified atom stereocenters. The summed E-state index contributed by atoms with van der Waals surface area (Å²) in [6.07, 6.45) is 2.78. The molecular formula is C25H29IN4O2S. The Bertz CT molecular complexity index is 1100. The second kappa shape index (κ2) is 12.2. The van der Waals surface area contributed by atoms with Gasteiger partial charge < -0.3 is 10.1 Å². The first kappa shape index (κ1) is 25.3. The second-order valence-electron chi connectivity index (χ2n) is 7.81. The smallest absolute Gasteiger partial charge is 0.234 e. The summed E-state index contributed by atoms with van der Waals surface area (Å²) in [5, 5.41) is 12.3. The topological polar surface area (TPSA) is 69.0 Å². The molecule has 8 heteroatoms. The van der Waals surface area contributed by atoms with Crippen molar-refractivity contribution in [2.24, 2.45) is 0 Å². The average Bonchev–Trinajstić information content (AvgIpc) is 3.19. The van der Waals surface area contributed by atoms with E-state index in [1.165, 1.54) is 17.3 Å². The summed E-state index contributed by atoms with van der Waals surface area (Å²) in [6.45, 7) is 11.0. The molecule has 0 aliphatic heterocycles. The highest BCUT2D eigenvalue weighted by Crippen LogP contribution is 2.27. The van der Waals surface area contributed by atoms with Crippen molar-refractivity contribution in [2.75, 3.05) is 11.1 Å².